The maximum Gasteiger partial charge on any atom is 0.272 e. The highest BCUT2D eigenvalue weighted by Crippen LogP contribution is 2.28. The van der Waals surface area contributed by atoms with Crippen LogP contribution in [-0.2, 0) is 9.59 Å². The number of H-pyrrole nitrogens is 1. The van der Waals surface area contributed by atoms with Crippen molar-refractivity contribution in [1.29, 1.82) is 0 Å². The number of anilines is 2. The molecule has 0 aliphatic rings. The number of aromatic amines is 1. The van der Waals surface area contributed by atoms with Crippen LogP contribution < -0.4 is 16.0 Å². The van der Waals surface area contributed by atoms with E-state index in [1.165, 1.54) is 11.8 Å². The van der Waals surface area contributed by atoms with Gasteiger partial charge in [0.1, 0.15) is 5.70 Å². The van der Waals surface area contributed by atoms with Crippen LogP contribution in [0.3, 0.4) is 0 Å². The molecule has 1 aromatic heterocycles. The zero-order valence-corrected chi connectivity index (χ0v) is 25.2. The van der Waals surface area contributed by atoms with E-state index in [1.54, 1.807) is 48.7 Å². The Morgan fingerprint density at radius 3 is 2.22 bits per heavy atom. The van der Waals surface area contributed by atoms with Crippen molar-refractivity contribution in [3.05, 3.63) is 144 Å². The summed E-state index contributed by atoms with van der Waals surface area (Å²) in [4.78, 5) is 43.6. The maximum absolute atomic E-state index is 13.5. The second-order valence-corrected chi connectivity index (χ2v) is 11.8. The molecule has 5 aromatic carbocycles. The summed E-state index contributed by atoms with van der Waals surface area (Å²) in [6.45, 7) is 1.86. The Balaban J connectivity index is 1.15. The van der Waals surface area contributed by atoms with Crippen molar-refractivity contribution in [2.75, 3.05) is 10.6 Å². The Morgan fingerprint density at radius 1 is 0.733 bits per heavy atom. The summed E-state index contributed by atoms with van der Waals surface area (Å²) in [5.74, 6) is -0.956. The lowest BCUT2D eigenvalue weighted by molar-refractivity contribution is -0.115. The molecular weight excluding hydrogens is 580 g/mol. The van der Waals surface area contributed by atoms with E-state index in [4.69, 9.17) is 0 Å². The molecule has 0 bridgehead atoms. The smallest absolute Gasteiger partial charge is 0.272 e. The topological polar surface area (TPSA) is 103 Å². The zero-order chi connectivity index (χ0) is 31.2. The number of amides is 3. The summed E-state index contributed by atoms with van der Waals surface area (Å²) < 4.78 is 0. The molecule has 0 aliphatic carbocycles. The van der Waals surface area contributed by atoms with E-state index >= 15 is 0 Å². The molecule has 1 heterocycles. The largest absolute Gasteiger partial charge is 0.361 e. The molecule has 222 valence electrons. The van der Waals surface area contributed by atoms with Gasteiger partial charge in [0.05, 0.1) is 5.25 Å². The lowest BCUT2D eigenvalue weighted by Gasteiger charge is -2.14. The predicted molar refractivity (Wildman–Crippen MR) is 183 cm³/mol. The van der Waals surface area contributed by atoms with Crippen LogP contribution in [0.2, 0.25) is 0 Å². The SMILES string of the molecule is C[C@H](Sc1ccc(NC(=O)/C(=C\c2c[nH]c3ccccc23)NC(=O)c2ccccc2)cc1)C(=O)Nc1cccc2ccccc12. The maximum atomic E-state index is 13.5. The van der Waals surface area contributed by atoms with Gasteiger partial charge in [0, 0.05) is 49.9 Å². The van der Waals surface area contributed by atoms with Crippen molar-refractivity contribution in [3.63, 3.8) is 0 Å². The fourth-order valence-electron chi connectivity index (χ4n) is 4.95. The normalized spacial score (nSPS) is 12.1. The molecule has 4 N–H and O–H groups in total. The predicted octanol–water partition coefficient (Wildman–Crippen LogP) is 7.85. The summed E-state index contributed by atoms with van der Waals surface area (Å²) in [6, 6.07) is 37.5. The van der Waals surface area contributed by atoms with Crippen LogP contribution >= 0.6 is 11.8 Å². The molecule has 0 unspecified atom stereocenters. The number of fused-ring (bicyclic) bond motifs is 2. The molecule has 7 nitrogen and oxygen atoms in total. The van der Waals surface area contributed by atoms with Crippen molar-refractivity contribution in [2.45, 2.75) is 17.1 Å². The fraction of sp³-hybridized carbons (Fsp3) is 0.0541. The summed E-state index contributed by atoms with van der Waals surface area (Å²) in [7, 11) is 0. The van der Waals surface area contributed by atoms with Gasteiger partial charge in [-0.15, -0.1) is 11.8 Å². The molecule has 0 fully saturated rings. The molecule has 0 spiro atoms. The molecule has 8 heteroatoms. The highest BCUT2D eigenvalue weighted by atomic mass is 32.2. The van der Waals surface area contributed by atoms with Crippen LogP contribution in [0.5, 0.6) is 0 Å². The highest BCUT2D eigenvalue weighted by Gasteiger charge is 2.18. The number of hydrogen-bond donors (Lipinski definition) is 4. The van der Waals surface area contributed by atoms with E-state index in [1.807, 2.05) is 91.9 Å². The average Bonchev–Trinajstić information content (AvgIpc) is 3.48. The first-order valence-corrected chi connectivity index (χ1v) is 15.3. The van der Waals surface area contributed by atoms with E-state index in [0.29, 0.717) is 11.3 Å². The number of para-hydroxylation sites is 1. The molecule has 0 radical (unpaired) electrons. The van der Waals surface area contributed by atoms with E-state index in [9.17, 15) is 14.4 Å². The average molecular weight is 611 g/mol. The summed E-state index contributed by atoms with van der Waals surface area (Å²) in [6.07, 6.45) is 3.46. The number of aromatic nitrogens is 1. The van der Waals surface area contributed by atoms with E-state index in [0.717, 1.165) is 37.8 Å². The number of nitrogens with one attached hydrogen (secondary N) is 4. The number of benzene rings is 5. The van der Waals surface area contributed by atoms with Crippen molar-refractivity contribution < 1.29 is 14.4 Å². The van der Waals surface area contributed by atoms with Gasteiger partial charge >= 0.3 is 0 Å². The first-order chi connectivity index (χ1) is 21.9. The quantitative estimate of drug-likeness (QED) is 0.0989. The minimum absolute atomic E-state index is 0.102. The lowest BCUT2D eigenvalue weighted by atomic mass is 10.1. The van der Waals surface area contributed by atoms with Gasteiger partial charge in [-0.1, -0.05) is 72.8 Å². The molecule has 6 rings (SSSR count). The molecule has 1 atom stereocenters. The molecular formula is C37H30N4O3S. The van der Waals surface area contributed by atoms with Crippen LogP contribution in [0.4, 0.5) is 11.4 Å². The van der Waals surface area contributed by atoms with Crippen LogP contribution in [-0.4, -0.2) is 28.0 Å². The molecule has 6 aromatic rings. The van der Waals surface area contributed by atoms with E-state index in [-0.39, 0.29) is 22.8 Å². The van der Waals surface area contributed by atoms with Crippen molar-refractivity contribution in [1.82, 2.24) is 10.3 Å². The van der Waals surface area contributed by atoms with E-state index in [2.05, 4.69) is 20.9 Å². The van der Waals surface area contributed by atoms with Crippen LogP contribution in [0.25, 0.3) is 27.8 Å². The zero-order valence-electron chi connectivity index (χ0n) is 24.4. The number of thioether (sulfide) groups is 1. The summed E-state index contributed by atoms with van der Waals surface area (Å²) in [5.41, 5.74) is 3.56. The Labute approximate surface area is 264 Å². The monoisotopic (exact) mass is 610 g/mol. The van der Waals surface area contributed by atoms with Gasteiger partial charge in [-0.25, -0.2) is 0 Å². The third kappa shape index (κ3) is 6.98. The number of hydrogen-bond acceptors (Lipinski definition) is 4. The first-order valence-electron chi connectivity index (χ1n) is 14.5. The number of rotatable bonds is 9. The molecule has 45 heavy (non-hydrogen) atoms. The third-order valence-corrected chi connectivity index (χ3v) is 8.40. The van der Waals surface area contributed by atoms with Gasteiger partial charge < -0.3 is 20.9 Å². The van der Waals surface area contributed by atoms with Gasteiger partial charge in [0.25, 0.3) is 11.8 Å². The van der Waals surface area contributed by atoms with Crippen molar-refractivity contribution in [2.24, 2.45) is 0 Å². The van der Waals surface area contributed by atoms with Gasteiger partial charge in [0.15, 0.2) is 0 Å². The van der Waals surface area contributed by atoms with Gasteiger partial charge in [0.2, 0.25) is 5.91 Å². The Bertz CT molecular complexity index is 2030. The third-order valence-electron chi connectivity index (χ3n) is 7.29. The lowest BCUT2D eigenvalue weighted by Crippen LogP contribution is -2.30. The standard InChI is InChI=1S/C37H30N4O3S/c1-24(35(42)40-33-17-9-13-25-10-5-6-14-30(25)33)45-29-20-18-28(19-21-29)39-37(44)34(41-36(43)26-11-3-2-4-12-26)22-27-23-38-32-16-8-7-15-31(27)32/h2-24,38H,1H3,(H,39,44)(H,40,42)(H,41,43)/b34-22+/t24-/m0/s1. The molecule has 0 aliphatic heterocycles. The first kappa shape index (κ1) is 29.5. The summed E-state index contributed by atoms with van der Waals surface area (Å²) in [5, 5.41) is 11.3. The van der Waals surface area contributed by atoms with Crippen LogP contribution in [0.15, 0.2) is 138 Å². The van der Waals surface area contributed by atoms with Gasteiger partial charge in [-0.05, 0) is 66.9 Å². The molecule has 0 saturated carbocycles. The number of carbonyl (C=O) groups excluding carboxylic acids is 3. The van der Waals surface area contributed by atoms with Gasteiger partial charge in [-0.3, -0.25) is 14.4 Å². The van der Waals surface area contributed by atoms with Crippen LogP contribution in [0.1, 0.15) is 22.8 Å². The fourth-order valence-corrected chi connectivity index (χ4v) is 5.82. The Morgan fingerprint density at radius 2 is 1.42 bits per heavy atom. The molecule has 0 saturated heterocycles. The van der Waals surface area contributed by atoms with Crippen LogP contribution in [0, 0.1) is 0 Å². The molecule has 3 amide bonds. The second kappa shape index (κ2) is 13.4. The Hall–Kier alpha value is -5.60. The second-order valence-electron chi connectivity index (χ2n) is 10.4. The minimum atomic E-state index is -0.465. The van der Waals surface area contributed by atoms with Gasteiger partial charge in [-0.2, -0.15) is 0 Å². The minimum Gasteiger partial charge on any atom is -0.361 e. The highest BCUT2D eigenvalue weighted by molar-refractivity contribution is 8.00. The summed E-state index contributed by atoms with van der Waals surface area (Å²) >= 11 is 1.42. The van der Waals surface area contributed by atoms with E-state index < -0.39 is 5.91 Å². The Kier molecular flexibility index (Phi) is 8.75. The van der Waals surface area contributed by atoms with Crippen molar-refractivity contribution in [3.8, 4) is 0 Å². The van der Waals surface area contributed by atoms with Crippen molar-refractivity contribution >= 4 is 68.6 Å². The number of carbonyl (C=O) groups is 3.